The largest absolute Gasteiger partial charge is 0.396 e. The number of aromatic nitrogens is 1. The number of pyridine rings is 1. The third-order valence-corrected chi connectivity index (χ3v) is 4.05. The van der Waals surface area contributed by atoms with Crippen LogP contribution >= 0.6 is 0 Å². The highest BCUT2D eigenvalue weighted by atomic mass is 15.2. The Morgan fingerprint density at radius 2 is 2.06 bits per heavy atom. The smallest absolute Gasteiger partial charge is 0.151 e. The first-order valence-electron chi connectivity index (χ1n) is 6.18. The van der Waals surface area contributed by atoms with Gasteiger partial charge in [0.05, 0.1) is 11.3 Å². The molecular formula is C13H16N4. The lowest BCUT2D eigenvalue weighted by molar-refractivity contribution is 0.494. The minimum Gasteiger partial charge on any atom is -0.396 e. The Balaban J connectivity index is 1.84. The van der Waals surface area contributed by atoms with E-state index in [1.165, 1.54) is 19.3 Å². The molecule has 4 heteroatoms. The highest BCUT2D eigenvalue weighted by molar-refractivity contribution is 5.65. The summed E-state index contributed by atoms with van der Waals surface area (Å²) in [5, 5.41) is 8.79. The number of fused-ring (bicyclic) bond motifs is 1. The molecular weight excluding hydrogens is 212 g/mol. The van der Waals surface area contributed by atoms with Gasteiger partial charge in [0.1, 0.15) is 6.07 Å². The summed E-state index contributed by atoms with van der Waals surface area (Å²) in [5.41, 5.74) is 7.13. The Morgan fingerprint density at radius 3 is 2.65 bits per heavy atom. The summed E-state index contributed by atoms with van der Waals surface area (Å²) < 4.78 is 0. The Bertz CT molecular complexity index is 465. The molecule has 4 nitrogen and oxygen atoms in total. The van der Waals surface area contributed by atoms with Gasteiger partial charge in [-0.25, -0.2) is 4.98 Å². The number of nitriles is 1. The average molecular weight is 228 g/mol. The third kappa shape index (κ3) is 1.72. The van der Waals surface area contributed by atoms with Crippen molar-refractivity contribution >= 4 is 11.5 Å². The van der Waals surface area contributed by atoms with Crippen LogP contribution < -0.4 is 10.6 Å². The van der Waals surface area contributed by atoms with Gasteiger partial charge in [0.2, 0.25) is 0 Å². The Morgan fingerprint density at radius 1 is 1.35 bits per heavy atom. The number of rotatable bonds is 1. The molecule has 1 aliphatic carbocycles. The number of nitrogen functional groups attached to an aromatic ring is 1. The Kier molecular flexibility index (Phi) is 2.40. The van der Waals surface area contributed by atoms with E-state index < -0.39 is 0 Å². The van der Waals surface area contributed by atoms with Crippen LogP contribution in [0.25, 0.3) is 0 Å². The van der Waals surface area contributed by atoms with Crippen LogP contribution in [-0.4, -0.2) is 18.1 Å². The second-order valence-corrected chi connectivity index (χ2v) is 5.10. The van der Waals surface area contributed by atoms with Crippen molar-refractivity contribution in [3.8, 4) is 6.07 Å². The van der Waals surface area contributed by atoms with Crippen molar-refractivity contribution in [2.75, 3.05) is 23.7 Å². The first kappa shape index (κ1) is 10.4. The van der Waals surface area contributed by atoms with E-state index >= 15 is 0 Å². The normalized spacial score (nSPS) is 26.9. The molecule has 0 radical (unpaired) electrons. The van der Waals surface area contributed by atoms with Crippen LogP contribution in [-0.2, 0) is 0 Å². The standard InChI is InChI=1S/C13H16N4/c14-5-9-4-12(15)13(16-6-9)17-7-10-2-1-3-11(10)8-17/h4,6,10-11H,1-3,7-8,15H2. The van der Waals surface area contributed by atoms with E-state index in [0.717, 1.165) is 30.7 Å². The van der Waals surface area contributed by atoms with Crippen molar-refractivity contribution < 1.29 is 0 Å². The molecule has 2 unspecified atom stereocenters. The Labute approximate surface area is 101 Å². The van der Waals surface area contributed by atoms with Gasteiger partial charge in [-0.3, -0.25) is 0 Å². The van der Waals surface area contributed by atoms with Crippen LogP contribution in [0.1, 0.15) is 24.8 Å². The van der Waals surface area contributed by atoms with Crippen molar-refractivity contribution in [2.24, 2.45) is 11.8 Å². The summed E-state index contributed by atoms with van der Waals surface area (Å²) in [7, 11) is 0. The van der Waals surface area contributed by atoms with Gasteiger partial charge in [0, 0.05) is 19.3 Å². The van der Waals surface area contributed by atoms with Crippen molar-refractivity contribution in [3.05, 3.63) is 17.8 Å². The van der Waals surface area contributed by atoms with Gasteiger partial charge in [-0.1, -0.05) is 6.42 Å². The molecule has 0 aromatic carbocycles. The maximum atomic E-state index is 8.79. The molecule has 1 saturated carbocycles. The molecule has 1 saturated heterocycles. The van der Waals surface area contributed by atoms with E-state index in [2.05, 4.69) is 16.0 Å². The zero-order valence-electron chi connectivity index (χ0n) is 9.76. The summed E-state index contributed by atoms with van der Waals surface area (Å²) >= 11 is 0. The quantitative estimate of drug-likeness (QED) is 0.795. The number of anilines is 2. The SMILES string of the molecule is N#Cc1cnc(N2CC3CCCC3C2)c(N)c1. The topological polar surface area (TPSA) is 65.9 Å². The minimum absolute atomic E-state index is 0.533. The maximum Gasteiger partial charge on any atom is 0.151 e. The molecule has 2 fully saturated rings. The van der Waals surface area contributed by atoms with Crippen molar-refractivity contribution in [2.45, 2.75) is 19.3 Å². The van der Waals surface area contributed by atoms with Crippen molar-refractivity contribution in [3.63, 3.8) is 0 Å². The van der Waals surface area contributed by atoms with Gasteiger partial charge in [0.25, 0.3) is 0 Å². The second-order valence-electron chi connectivity index (χ2n) is 5.10. The molecule has 17 heavy (non-hydrogen) atoms. The maximum absolute atomic E-state index is 8.79. The van der Waals surface area contributed by atoms with E-state index in [1.807, 2.05) is 0 Å². The summed E-state index contributed by atoms with van der Waals surface area (Å²) in [6, 6.07) is 3.78. The van der Waals surface area contributed by atoms with Gasteiger partial charge in [-0.05, 0) is 30.7 Å². The highest BCUT2D eigenvalue weighted by Gasteiger charge is 2.36. The van der Waals surface area contributed by atoms with Crippen LogP contribution in [0, 0.1) is 23.2 Å². The lowest BCUT2D eigenvalue weighted by Crippen LogP contribution is -2.23. The molecule has 2 atom stereocenters. The van der Waals surface area contributed by atoms with Gasteiger partial charge in [-0.2, -0.15) is 5.26 Å². The van der Waals surface area contributed by atoms with E-state index in [9.17, 15) is 0 Å². The van der Waals surface area contributed by atoms with Crippen molar-refractivity contribution in [1.82, 2.24) is 4.98 Å². The lowest BCUT2D eigenvalue weighted by atomic mass is 10.0. The van der Waals surface area contributed by atoms with E-state index in [0.29, 0.717) is 11.3 Å². The lowest BCUT2D eigenvalue weighted by Gasteiger charge is -2.19. The third-order valence-electron chi connectivity index (χ3n) is 4.05. The Hall–Kier alpha value is -1.76. The molecule has 0 bridgehead atoms. The van der Waals surface area contributed by atoms with Crippen LogP contribution in [0.4, 0.5) is 11.5 Å². The number of nitrogens with zero attached hydrogens (tertiary/aromatic N) is 3. The van der Waals surface area contributed by atoms with Crippen molar-refractivity contribution in [1.29, 1.82) is 5.26 Å². The predicted octanol–water partition coefficient (Wildman–Crippen LogP) is 1.77. The number of nitrogens with two attached hydrogens (primary N) is 1. The van der Waals surface area contributed by atoms with Crippen LogP contribution in [0.15, 0.2) is 12.3 Å². The van der Waals surface area contributed by atoms with Gasteiger partial charge in [0.15, 0.2) is 5.82 Å². The monoisotopic (exact) mass is 228 g/mol. The molecule has 0 amide bonds. The summed E-state index contributed by atoms with van der Waals surface area (Å²) in [6.45, 7) is 2.15. The summed E-state index contributed by atoms with van der Waals surface area (Å²) in [6.07, 6.45) is 5.67. The number of hydrogen-bond acceptors (Lipinski definition) is 4. The van der Waals surface area contributed by atoms with Crippen LogP contribution in [0.5, 0.6) is 0 Å². The van der Waals surface area contributed by atoms with Gasteiger partial charge in [-0.15, -0.1) is 0 Å². The highest BCUT2D eigenvalue weighted by Crippen LogP contribution is 2.40. The van der Waals surface area contributed by atoms with Gasteiger partial charge < -0.3 is 10.6 Å². The molecule has 88 valence electrons. The fourth-order valence-corrected chi connectivity index (χ4v) is 3.21. The van der Waals surface area contributed by atoms with Gasteiger partial charge >= 0.3 is 0 Å². The molecule has 2 aliphatic rings. The first-order valence-corrected chi connectivity index (χ1v) is 6.18. The fourth-order valence-electron chi connectivity index (χ4n) is 3.21. The average Bonchev–Trinajstić information content (AvgIpc) is 2.89. The molecule has 2 N–H and O–H groups in total. The first-order chi connectivity index (χ1) is 8.28. The predicted molar refractivity (Wildman–Crippen MR) is 66.4 cm³/mol. The van der Waals surface area contributed by atoms with Crippen LogP contribution in [0.2, 0.25) is 0 Å². The molecule has 1 aromatic rings. The zero-order chi connectivity index (χ0) is 11.8. The molecule has 1 aromatic heterocycles. The molecule has 2 heterocycles. The number of hydrogen-bond donors (Lipinski definition) is 1. The molecule has 0 spiro atoms. The second kappa shape index (κ2) is 3.92. The van der Waals surface area contributed by atoms with E-state index in [1.54, 1.807) is 12.3 Å². The molecule has 1 aliphatic heterocycles. The zero-order valence-corrected chi connectivity index (χ0v) is 9.76. The van der Waals surface area contributed by atoms with Crippen LogP contribution in [0.3, 0.4) is 0 Å². The fraction of sp³-hybridized carbons (Fsp3) is 0.538. The van der Waals surface area contributed by atoms with E-state index in [4.69, 9.17) is 11.0 Å². The minimum atomic E-state index is 0.533. The summed E-state index contributed by atoms with van der Waals surface area (Å²) in [5.74, 6) is 2.51. The molecule has 3 rings (SSSR count). The van der Waals surface area contributed by atoms with E-state index in [-0.39, 0.29) is 0 Å². The summed E-state index contributed by atoms with van der Waals surface area (Å²) in [4.78, 5) is 6.62.